The van der Waals surface area contributed by atoms with Crippen LogP contribution in [-0.2, 0) is 0 Å². The lowest BCUT2D eigenvalue weighted by atomic mass is 10.2. The van der Waals surface area contributed by atoms with Gasteiger partial charge in [0.1, 0.15) is 6.33 Å². The number of nitrogen functional groups attached to an aromatic ring is 1. The molecule has 7 heteroatoms. The molecule has 3 aromatic rings. The molecule has 20 heavy (non-hydrogen) atoms. The molecule has 2 heterocycles. The van der Waals surface area contributed by atoms with Crippen molar-refractivity contribution in [1.82, 2.24) is 19.5 Å². The maximum Gasteiger partial charge on any atom is 0.245 e. The van der Waals surface area contributed by atoms with E-state index in [1.165, 1.54) is 6.33 Å². The van der Waals surface area contributed by atoms with Gasteiger partial charge in [-0.2, -0.15) is 4.98 Å². The molecule has 0 radical (unpaired) electrons. The third kappa shape index (κ3) is 1.90. The highest BCUT2D eigenvalue weighted by atomic mass is 79.9. The second-order valence-corrected chi connectivity index (χ2v) is 5.15. The Bertz CT molecular complexity index is 799. The normalized spacial score (nSPS) is 10.9. The van der Waals surface area contributed by atoms with Crippen LogP contribution in [-0.4, -0.2) is 26.6 Å². The van der Waals surface area contributed by atoms with Crippen LogP contribution in [0.2, 0.25) is 0 Å². The summed E-state index contributed by atoms with van der Waals surface area (Å²) in [5.41, 5.74) is 9.18. The molecule has 6 nitrogen and oxygen atoms in total. The number of rotatable bonds is 2. The topological polar surface area (TPSA) is 78.8 Å². The van der Waals surface area contributed by atoms with Crippen LogP contribution in [0, 0.1) is 6.92 Å². The zero-order valence-electron chi connectivity index (χ0n) is 11.0. The van der Waals surface area contributed by atoms with E-state index in [2.05, 4.69) is 30.9 Å². The number of aryl methyl sites for hydroxylation is 1. The van der Waals surface area contributed by atoms with Gasteiger partial charge in [-0.15, -0.1) is 0 Å². The van der Waals surface area contributed by atoms with Gasteiger partial charge >= 0.3 is 0 Å². The van der Waals surface area contributed by atoms with Crippen LogP contribution in [0.3, 0.4) is 0 Å². The number of anilines is 1. The predicted molar refractivity (Wildman–Crippen MR) is 80.1 cm³/mol. The number of benzene rings is 1. The van der Waals surface area contributed by atoms with E-state index >= 15 is 0 Å². The maximum atomic E-state index is 6.01. The van der Waals surface area contributed by atoms with Crippen molar-refractivity contribution in [2.24, 2.45) is 0 Å². The van der Waals surface area contributed by atoms with E-state index in [-0.39, 0.29) is 0 Å². The molecule has 1 aromatic carbocycles. The van der Waals surface area contributed by atoms with Crippen molar-refractivity contribution >= 4 is 33.0 Å². The molecule has 0 atom stereocenters. The highest BCUT2D eigenvalue weighted by molar-refractivity contribution is 9.10. The molecule has 2 N–H and O–H groups in total. The van der Waals surface area contributed by atoms with Crippen LogP contribution in [0.25, 0.3) is 16.9 Å². The van der Waals surface area contributed by atoms with Gasteiger partial charge in [0, 0.05) is 4.47 Å². The third-order valence-corrected chi connectivity index (χ3v) is 3.92. The minimum atomic E-state index is 0.348. The lowest BCUT2D eigenvalue weighted by Gasteiger charge is -2.08. The van der Waals surface area contributed by atoms with Gasteiger partial charge in [-0.25, -0.2) is 9.97 Å². The molecule has 0 unspecified atom stereocenters. The molecule has 0 spiro atoms. The first-order valence-corrected chi connectivity index (χ1v) is 6.70. The average molecular weight is 334 g/mol. The molecular weight excluding hydrogens is 322 g/mol. The lowest BCUT2D eigenvalue weighted by Crippen LogP contribution is -2.02. The fourth-order valence-corrected chi connectivity index (χ4v) is 2.31. The van der Waals surface area contributed by atoms with Gasteiger partial charge in [0.05, 0.1) is 12.8 Å². The molecule has 0 saturated heterocycles. The molecule has 3 rings (SSSR count). The van der Waals surface area contributed by atoms with Crippen molar-refractivity contribution in [3.63, 3.8) is 0 Å². The molecule has 102 valence electrons. The number of hydrogen-bond acceptors (Lipinski definition) is 5. The minimum Gasteiger partial charge on any atom is -0.479 e. The van der Waals surface area contributed by atoms with Crippen molar-refractivity contribution in [2.75, 3.05) is 12.8 Å². The summed E-state index contributed by atoms with van der Waals surface area (Å²) in [5, 5.41) is 0. The van der Waals surface area contributed by atoms with E-state index in [1.807, 2.05) is 25.1 Å². The van der Waals surface area contributed by atoms with Crippen molar-refractivity contribution in [2.45, 2.75) is 6.92 Å². The van der Waals surface area contributed by atoms with Crippen molar-refractivity contribution in [3.8, 4) is 11.6 Å². The molecular formula is C13H12BrN5O. The zero-order chi connectivity index (χ0) is 14.3. The quantitative estimate of drug-likeness (QED) is 0.779. The Hall–Kier alpha value is -2.15. The van der Waals surface area contributed by atoms with Gasteiger partial charge in [-0.05, 0) is 30.7 Å². The lowest BCUT2D eigenvalue weighted by molar-refractivity contribution is 0.401. The summed E-state index contributed by atoms with van der Waals surface area (Å²) in [6.07, 6.45) is 1.44. The fourth-order valence-electron chi connectivity index (χ4n) is 2.06. The molecule has 0 fully saturated rings. The Kier molecular flexibility index (Phi) is 3.06. The summed E-state index contributed by atoms with van der Waals surface area (Å²) in [6, 6.07) is 5.92. The third-order valence-electron chi connectivity index (χ3n) is 3.03. The maximum absolute atomic E-state index is 6.01. The summed E-state index contributed by atoms with van der Waals surface area (Å²) < 4.78 is 8.00. The van der Waals surface area contributed by atoms with Crippen LogP contribution in [0.5, 0.6) is 5.88 Å². The highest BCUT2D eigenvalue weighted by Gasteiger charge is 2.16. The number of imidazole rings is 1. The number of nitrogens with two attached hydrogens (primary N) is 1. The first-order valence-electron chi connectivity index (χ1n) is 5.91. The summed E-state index contributed by atoms with van der Waals surface area (Å²) >= 11 is 3.48. The second kappa shape index (κ2) is 4.75. The van der Waals surface area contributed by atoms with Crippen LogP contribution < -0.4 is 10.5 Å². The molecule has 0 bridgehead atoms. The van der Waals surface area contributed by atoms with Gasteiger partial charge < -0.3 is 10.5 Å². The molecule has 0 saturated carbocycles. The Labute approximate surface area is 123 Å². The van der Waals surface area contributed by atoms with E-state index in [1.54, 1.807) is 11.7 Å². The number of halogens is 1. The number of fused-ring (bicyclic) bond motifs is 1. The van der Waals surface area contributed by atoms with Gasteiger partial charge in [-0.3, -0.25) is 4.57 Å². The number of nitrogens with zero attached hydrogens (tertiary/aromatic N) is 4. The van der Waals surface area contributed by atoms with Gasteiger partial charge in [0.2, 0.25) is 11.8 Å². The van der Waals surface area contributed by atoms with E-state index in [9.17, 15) is 0 Å². The number of aromatic nitrogens is 4. The Balaban J connectivity index is 2.30. The zero-order valence-corrected chi connectivity index (χ0v) is 12.5. The SMILES string of the molecule is COc1ncnc2c1nc(N)n2-c1ccc(Br)c(C)c1. The summed E-state index contributed by atoms with van der Waals surface area (Å²) in [4.78, 5) is 12.6. The molecule has 2 aromatic heterocycles. The van der Waals surface area contributed by atoms with E-state index in [0.29, 0.717) is 23.0 Å². The monoisotopic (exact) mass is 333 g/mol. The van der Waals surface area contributed by atoms with Gasteiger partial charge in [0.25, 0.3) is 0 Å². The van der Waals surface area contributed by atoms with Crippen LogP contribution in [0.1, 0.15) is 5.56 Å². The van der Waals surface area contributed by atoms with Crippen LogP contribution in [0.4, 0.5) is 5.95 Å². The predicted octanol–water partition coefficient (Wildman–Crippen LogP) is 2.48. The van der Waals surface area contributed by atoms with Crippen molar-refractivity contribution < 1.29 is 4.74 Å². The van der Waals surface area contributed by atoms with Crippen molar-refractivity contribution in [3.05, 3.63) is 34.6 Å². The first-order chi connectivity index (χ1) is 9.61. The Morgan fingerprint density at radius 3 is 2.80 bits per heavy atom. The van der Waals surface area contributed by atoms with E-state index in [0.717, 1.165) is 15.7 Å². The summed E-state index contributed by atoms with van der Waals surface area (Å²) in [7, 11) is 1.54. The molecule has 0 aliphatic carbocycles. The molecule has 0 aliphatic heterocycles. The summed E-state index contributed by atoms with van der Waals surface area (Å²) in [6.45, 7) is 2.01. The second-order valence-electron chi connectivity index (χ2n) is 4.29. The van der Waals surface area contributed by atoms with E-state index < -0.39 is 0 Å². The Morgan fingerprint density at radius 1 is 1.30 bits per heavy atom. The minimum absolute atomic E-state index is 0.348. The standard InChI is InChI=1S/C13H12BrN5O/c1-7-5-8(3-4-9(7)14)19-11-10(18-13(19)15)12(20-2)17-6-16-11/h3-6H,1-2H3,(H2,15,18). The first kappa shape index (κ1) is 12.9. The summed E-state index contributed by atoms with van der Waals surface area (Å²) in [5.74, 6) is 0.759. The number of ether oxygens (including phenoxy) is 1. The molecule has 0 aliphatic rings. The fraction of sp³-hybridized carbons (Fsp3) is 0.154. The largest absolute Gasteiger partial charge is 0.479 e. The van der Waals surface area contributed by atoms with Gasteiger partial charge in [-0.1, -0.05) is 15.9 Å². The molecule has 0 amide bonds. The highest BCUT2D eigenvalue weighted by Crippen LogP contribution is 2.28. The van der Waals surface area contributed by atoms with Gasteiger partial charge in [0.15, 0.2) is 11.2 Å². The number of methoxy groups -OCH3 is 1. The number of hydrogen-bond donors (Lipinski definition) is 1. The Morgan fingerprint density at radius 2 is 2.10 bits per heavy atom. The van der Waals surface area contributed by atoms with Crippen molar-refractivity contribution in [1.29, 1.82) is 0 Å². The van der Waals surface area contributed by atoms with Crippen LogP contribution in [0.15, 0.2) is 29.0 Å². The van der Waals surface area contributed by atoms with E-state index in [4.69, 9.17) is 10.5 Å². The average Bonchev–Trinajstić information content (AvgIpc) is 2.78. The van der Waals surface area contributed by atoms with Crippen LogP contribution >= 0.6 is 15.9 Å². The smallest absolute Gasteiger partial charge is 0.245 e.